The zero-order chi connectivity index (χ0) is 8.97. The largest absolute Gasteiger partial charge is 0.329 e. The molecule has 0 fully saturated rings. The maximum absolute atomic E-state index is 13.0. The fraction of sp³-hybridized carbons (Fsp3) is 0.125. The van der Waals surface area contributed by atoms with Gasteiger partial charge in [0.15, 0.2) is 0 Å². The Hall–Kier alpha value is -1.03. The molecule has 0 saturated carbocycles. The summed E-state index contributed by atoms with van der Waals surface area (Å²) in [5.74, 6) is -0.311. The summed E-state index contributed by atoms with van der Waals surface area (Å²) in [5, 5.41) is 2.37. The number of carbonyl (C=O) groups excluding carboxylic acids is 1. The first-order chi connectivity index (χ1) is 5.77. The molecule has 0 aromatic heterocycles. The second kappa shape index (κ2) is 4.11. The van der Waals surface area contributed by atoms with Crippen molar-refractivity contribution < 1.29 is 9.18 Å². The van der Waals surface area contributed by atoms with Crippen LogP contribution in [0.1, 0.15) is 0 Å². The molecule has 1 aromatic rings. The molecule has 1 N–H and O–H groups in total. The van der Waals surface area contributed by atoms with Crippen LogP contribution in [0.15, 0.2) is 23.1 Å². The first-order valence-electron chi connectivity index (χ1n) is 3.31. The number of anilines is 1. The van der Waals surface area contributed by atoms with Gasteiger partial charge < -0.3 is 5.32 Å². The van der Waals surface area contributed by atoms with E-state index in [0.29, 0.717) is 17.0 Å². The van der Waals surface area contributed by atoms with Crippen LogP contribution in [0.3, 0.4) is 0 Å². The highest BCUT2D eigenvalue weighted by molar-refractivity contribution is 7.98. The second-order valence-electron chi connectivity index (χ2n) is 2.11. The van der Waals surface area contributed by atoms with E-state index in [1.807, 2.05) is 0 Å². The molecule has 0 aliphatic heterocycles. The van der Waals surface area contributed by atoms with Crippen LogP contribution < -0.4 is 5.32 Å². The predicted octanol–water partition coefficient (Wildman–Crippen LogP) is 2.12. The van der Waals surface area contributed by atoms with Gasteiger partial charge in [0.25, 0.3) is 0 Å². The lowest BCUT2D eigenvalue weighted by Crippen LogP contribution is -1.94. The Labute approximate surface area is 74.2 Å². The molecular weight excluding hydrogens is 177 g/mol. The van der Waals surface area contributed by atoms with Gasteiger partial charge in [0.2, 0.25) is 6.41 Å². The zero-order valence-electron chi connectivity index (χ0n) is 6.50. The van der Waals surface area contributed by atoms with Gasteiger partial charge in [0.05, 0.1) is 0 Å². The number of amides is 1. The van der Waals surface area contributed by atoms with Crippen LogP contribution in [0.25, 0.3) is 0 Å². The molecule has 0 aliphatic carbocycles. The number of rotatable bonds is 3. The molecule has 0 unspecified atom stereocenters. The molecular formula is C8H8FNOS. The highest BCUT2D eigenvalue weighted by Crippen LogP contribution is 2.21. The van der Waals surface area contributed by atoms with E-state index in [9.17, 15) is 9.18 Å². The van der Waals surface area contributed by atoms with Crippen molar-refractivity contribution in [3.63, 3.8) is 0 Å². The Bertz CT molecular complexity index is 290. The maximum atomic E-state index is 13.0. The lowest BCUT2D eigenvalue weighted by Gasteiger charge is -2.01. The van der Waals surface area contributed by atoms with Crippen LogP contribution >= 0.6 is 11.8 Å². The van der Waals surface area contributed by atoms with Crippen LogP contribution in [-0.2, 0) is 4.79 Å². The van der Waals surface area contributed by atoms with Gasteiger partial charge >= 0.3 is 0 Å². The average molecular weight is 185 g/mol. The van der Waals surface area contributed by atoms with Gasteiger partial charge in [-0.15, -0.1) is 11.8 Å². The Morgan fingerprint density at radius 1 is 1.58 bits per heavy atom. The van der Waals surface area contributed by atoms with Crippen LogP contribution in [0.2, 0.25) is 0 Å². The van der Waals surface area contributed by atoms with E-state index >= 15 is 0 Å². The van der Waals surface area contributed by atoms with Crippen LogP contribution in [0, 0.1) is 5.82 Å². The van der Waals surface area contributed by atoms with Gasteiger partial charge in [-0.1, -0.05) is 0 Å². The third-order valence-corrected chi connectivity index (χ3v) is 2.15. The predicted molar refractivity (Wildman–Crippen MR) is 47.9 cm³/mol. The summed E-state index contributed by atoms with van der Waals surface area (Å²) in [6.45, 7) is 0. The molecule has 0 atom stereocenters. The first kappa shape index (κ1) is 9.06. The molecule has 64 valence electrons. The summed E-state index contributed by atoms with van der Waals surface area (Å²) in [6.07, 6.45) is 2.32. The number of hydrogen-bond donors (Lipinski definition) is 1. The van der Waals surface area contributed by atoms with Crippen molar-refractivity contribution in [2.75, 3.05) is 11.6 Å². The highest BCUT2D eigenvalue weighted by atomic mass is 32.2. The Morgan fingerprint density at radius 3 is 2.83 bits per heavy atom. The van der Waals surface area contributed by atoms with Gasteiger partial charge in [-0.2, -0.15) is 0 Å². The molecule has 2 nitrogen and oxygen atoms in total. The number of halogens is 1. The van der Waals surface area contributed by atoms with Crippen molar-refractivity contribution in [1.82, 2.24) is 0 Å². The summed E-state index contributed by atoms with van der Waals surface area (Å²) in [6, 6.07) is 4.58. The fourth-order valence-electron chi connectivity index (χ4n) is 0.824. The van der Waals surface area contributed by atoms with E-state index in [-0.39, 0.29) is 5.82 Å². The minimum Gasteiger partial charge on any atom is -0.329 e. The number of thioether (sulfide) groups is 1. The third-order valence-electron chi connectivity index (χ3n) is 1.38. The molecule has 0 heterocycles. The minimum absolute atomic E-state index is 0.311. The van der Waals surface area contributed by atoms with Crippen molar-refractivity contribution in [2.24, 2.45) is 0 Å². The van der Waals surface area contributed by atoms with Gasteiger partial charge in [-0.3, -0.25) is 4.79 Å². The molecule has 1 amide bonds. The molecule has 0 saturated heterocycles. The van der Waals surface area contributed by atoms with Crippen molar-refractivity contribution >= 4 is 23.9 Å². The smallest absolute Gasteiger partial charge is 0.211 e. The monoisotopic (exact) mass is 185 g/mol. The van der Waals surface area contributed by atoms with E-state index < -0.39 is 0 Å². The van der Waals surface area contributed by atoms with Crippen LogP contribution in [-0.4, -0.2) is 12.7 Å². The van der Waals surface area contributed by atoms with Crippen molar-refractivity contribution in [1.29, 1.82) is 0 Å². The summed E-state index contributed by atoms with van der Waals surface area (Å²) in [4.78, 5) is 10.6. The number of carbonyl (C=O) groups is 1. The third kappa shape index (κ3) is 1.98. The molecule has 12 heavy (non-hydrogen) atoms. The molecule has 0 radical (unpaired) electrons. The van der Waals surface area contributed by atoms with Gasteiger partial charge in [0.1, 0.15) is 5.82 Å². The Balaban J connectivity index is 2.93. The lowest BCUT2D eigenvalue weighted by molar-refractivity contribution is -0.105. The van der Waals surface area contributed by atoms with E-state index in [4.69, 9.17) is 0 Å². The summed E-state index contributed by atoms with van der Waals surface area (Å²) in [7, 11) is 0. The molecule has 0 bridgehead atoms. The molecule has 0 spiro atoms. The van der Waals surface area contributed by atoms with Crippen LogP contribution in [0.4, 0.5) is 10.1 Å². The van der Waals surface area contributed by atoms with Crippen molar-refractivity contribution in [3.8, 4) is 0 Å². The van der Waals surface area contributed by atoms with E-state index in [1.54, 1.807) is 18.4 Å². The van der Waals surface area contributed by atoms with Gasteiger partial charge in [-0.05, 0) is 24.5 Å². The van der Waals surface area contributed by atoms with E-state index in [2.05, 4.69) is 5.32 Å². The van der Waals surface area contributed by atoms with Crippen molar-refractivity contribution in [2.45, 2.75) is 4.90 Å². The second-order valence-corrected chi connectivity index (χ2v) is 2.96. The molecule has 1 aromatic carbocycles. The number of hydrogen-bond acceptors (Lipinski definition) is 2. The summed E-state index contributed by atoms with van der Waals surface area (Å²) >= 11 is 1.33. The zero-order valence-corrected chi connectivity index (χ0v) is 7.32. The topological polar surface area (TPSA) is 29.1 Å². The number of benzene rings is 1. The standard InChI is InChI=1S/C8H8FNOS/c1-12-8-3-2-6(10-5-11)4-7(8)9/h2-5H,1H3,(H,10,11). The quantitative estimate of drug-likeness (QED) is 0.577. The van der Waals surface area contributed by atoms with E-state index in [1.165, 1.54) is 17.8 Å². The molecule has 0 aliphatic rings. The van der Waals surface area contributed by atoms with Crippen LogP contribution in [0.5, 0.6) is 0 Å². The van der Waals surface area contributed by atoms with Gasteiger partial charge in [0, 0.05) is 10.6 Å². The summed E-state index contributed by atoms with van der Waals surface area (Å²) < 4.78 is 13.0. The Kier molecular flexibility index (Phi) is 3.10. The molecule has 1 rings (SSSR count). The highest BCUT2D eigenvalue weighted by Gasteiger charge is 2.00. The molecule has 4 heteroatoms. The number of nitrogens with one attached hydrogen (secondary N) is 1. The normalized spacial score (nSPS) is 9.50. The summed E-state index contributed by atoms with van der Waals surface area (Å²) in [5.41, 5.74) is 0.473. The first-order valence-corrected chi connectivity index (χ1v) is 4.54. The average Bonchev–Trinajstić information content (AvgIpc) is 2.05. The lowest BCUT2D eigenvalue weighted by atomic mass is 10.3. The SMILES string of the molecule is CSc1ccc(NC=O)cc1F. The van der Waals surface area contributed by atoms with Crippen molar-refractivity contribution in [3.05, 3.63) is 24.0 Å². The van der Waals surface area contributed by atoms with Gasteiger partial charge in [-0.25, -0.2) is 4.39 Å². The fourth-order valence-corrected chi connectivity index (χ4v) is 1.28. The maximum Gasteiger partial charge on any atom is 0.211 e. The Morgan fingerprint density at radius 2 is 2.33 bits per heavy atom. The minimum atomic E-state index is -0.311. The van der Waals surface area contributed by atoms with E-state index in [0.717, 1.165) is 0 Å².